The van der Waals surface area contributed by atoms with Crippen LogP contribution in [0.25, 0.3) is 0 Å². The number of carbonyl (C=O) groups excluding carboxylic acids is 1. The molecule has 0 heterocycles. The van der Waals surface area contributed by atoms with E-state index < -0.39 is 5.97 Å². The first-order chi connectivity index (χ1) is 9.01. The smallest absolute Gasteiger partial charge is 0.336 e. The van der Waals surface area contributed by atoms with Crippen molar-refractivity contribution in [1.29, 1.82) is 0 Å². The van der Waals surface area contributed by atoms with E-state index in [0.29, 0.717) is 13.1 Å². The molecule has 0 atom stereocenters. The highest BCUT2D eigenvalue weighted by Crippen LogP contribution is 2.15. The van der Waals surface area contributed by atoms with Gasteiger partial charge in [-0.05, 0) is 32.4 Å². The lowest BCUT2D eigenvalue weighted by atomic mass is 10.0. The molecule has 0 aliphatic heterocycles. The second-order valence-corrected chi connectivity index (χ2v) is 4.59. The molecule has 0 spiro atoms. The van der Waals surface area contributed by atoms with Crippen molar-refractivity contribution in [2.75, 3.05) is 13.1 Å². The first kappa shape index (κ1) is 15.2. The lowest BCUT2D eigenvalue weighted by molar-refractivity contribution is 0.0676. The Labute approximate surface area is 114 Å². The van der Waals surface area contributed by atoms with Crippen LogP contribution in [0.4, 0.5) is 0 Å². The van der Waals surface area contributed by atoms with Gasteiger partial charge >= 0.3 is 5.97 Å². The van der Waals surface area contributed by atoms with Crippen LogP contribution in [0.15, 0.2) is 18.2 Å². The van der Waals surface area contributed by atoms with Gasteiger partial charge in [-0.25, -0.2) is 4.79 Å². The number of hydrogen-bond acceptors (Lipinski definition) is 2. The molecule has 4 nitrogen and oxygen atoms in total. The molecule has 0 aromatic heterocycles. The van der Waals surface area contributed by atoms with E-state index in [1.54, 1.807) is 23.1 Å². The normalized spacial score (nSPS) is 10.3. The second kappa shape index (κ2) is 6.92. The highest BCUT2D eigenvalue weighted by molar-refractivity contribution is 6.04. The monoisotopic (exact) mass is 263 g/mol. The zero-order valence-corrected chi connectivity index (χ0v) is 11.8. The van der Waals surface area contributed by atoms with E-state index in [4.69, 9.17) is 0 Å². The van der Waals surface area contributed by atoms with Crippen LogP contribution in [-0.2, 0) is 0 Å². The van der Waals surface area contributed by atoms with Crippen molar-refractivity contribution in [2.24, 2.45) is 0 Å². The van der Waals surface area contributed by atoms with E-state index in [0.717, 1.165) is 18.4 Å². The number of aryl methyl sites for hydroxylation is 1. The van der Waals surface area contributed by atoms with Gasteiger partial charge in [-0.2, -0.15) is 0 Å². The van der Waals surface area contributed by atoms with Crippen LogP contribution in [-0.4, -0.2) is 35.0 Å². The number of carboxylic acids is 1. The summed E-state index contributed by atoms with van der Waals surface area (Å²) in [5.41, 5.74) is 1.20. The third-order valence-electron chi connectivity index (χ3n) is 3.09. The summed E-state index contributed by atoms with van der Waals surface area (Å²) >= 11 is 0. The van der Waals surface area contributed by atoms with Crippen molar-refractivity contribution in [2.45, 2.75) is 33.6 Å². The first-order valence-electron chi connectivity index (χ1n) is 6.64. The van der Waals surface area contributed by atoms with Crippen LogP contribution in [0.5, 0.6) is 0 Å². The summed E-state index contributed by atoms with van der Waals surface area (Å²) in [4.78, 5) is 25.3. The number of aromatic carboxylic acids is 1. The predicted octanol–water partition coefficient (Wildman–Crippen LogP) is 2.96. The molecule has 104 valence electrons. The fourth-order valence-corrected chi connectivity index (χ4v) is 1.94. The Kier molecular flexibility index (Phi) is 5.55. The van der Waals surface area contributed by atoms with Gasteiger partial charge in [0.2, 0.25) is 0 Å². The maximum Gasteiger partial charge on any atom is 0.336 e. The van der Waals surface area contributed by atoms with Crippen LogP contribution in [0.2, 0.25) is 0 Å². The minimum atomic E-state index is -1.06. The Hall–Kier alpha value is -1.84. The van der Waals surface area contributed by atoms with Crippen LogP contribution >= 0.6 is 0 Å². The maximum absolute atomic E-state index is 12.4. The molecule has 0 fully saturated rings. The number of nitrogens with zero attached hydrogens (tertiary/aromatic N) is 1. The van der Waals surface area contributed by atoms with Crippen LogP contribution < -0.4 is 0 Å². The van der Waals surface area contributed by atoms with E-state index >= 15 is 0 Å². The molecular weight excluding hydrogens is 242 g/mol. The summed E-state index contributed by atoms with van der Waals surface area (Å²) in [5, 5.41) is 9.20. The summed E-state index contributed by atoms with van der Waals surface area (Å²) in [7, 11) is 0. The maximum atomic E-state index is 12.4. The molecule has 4 heteroatoms. The Morgan fingerprint density at radius 3 is 2.42 bits per heavy atom. The van der Waals surface area contributed by atoms with E-state index in [2.05, 4.69) is 6.92 Å². The summed E-state index contributed by atoms with van der Waals surface area (Å²) in [6.45, 7) is 7.04. The summed E-state index contributed by atoms with van der Waals surface area (Å²) in [6, 6.07) is 4.92. The van der Waals surface area contributed by atoms with Crippen LogP contribution in [0.3, 0.4) is 0 Å². The number of hydrogen-bond donors (Lipinski definition) is 1. The minimum absolute atomic E-state index is 0.0833. The van der Waals surface area contributed by atoms with Crippen molar-refractivity contribution in [1.82, 2.24) is 4.90 Å². The van der Waals surface area contributed by atoms with E-state index in [-0.39, 0.29) is 17.0 Å². The Morgan fingerprint density at radius 1 is 1.21 bits per heavy atom. The third-order valence-corrected chi connectivity index (χ3v) is 3.09. The van der Waals surface area contributed by atoms with Gasteiger partial charge in [0.15, 0.2) is 0 Å². The molecule has 0 bridgehead atoms. The number of carbonyl (C=O) groups is 2. The Balaban J connectivity index is 3.07. The fraction of sp³-hybridized carbons (Fsp3) is 0.467. The first-order valence-corrected chi connectivity index (χ1v) is 6.64. The number of unbranched alkanes of at least 4 members (excludes halogenated alkanes) is 1. The third kappa shape index (κ3) is 3.81. The lowest BCUT2D eigenvalue weighted by Gasteiger charge is -2.21. The van der Waals surface area contributed by atoms with Gasteiger partial charge in [0.05, 0.1) is 11.1 Å². The van der Waals surface area contributed by atoms with Crippen LogP contribution in [0, 0.1) is 6.92 Å². The molecule has 0 saturated heterocycles. The van der Waals surface area contributed by atoms with Crippen molar-refractivity contribution in [3.8, 4) is 0 Å². The van der Waals surface area contributed by atoms with Crippen molar-refractivity contribution in [3.63, 3.8) is 0 Å². The van der Waals surface area contributed by atoms with E-state index in [1.165, 1.54) is 0 Å². The second-order valence-electron chi connectivity index (χ2n) is 4.59. The molecule has 1 amide bonds. The zero-order chi connectivity index (χ0) is 14.4. The molecule has 0 unspecified atom stereocenters. The van der Waals surface area contributed by atoms with Gasteiger partial charge in [-0.3, -0.25) is 4.79 Å². The predicted molar refractivity (Wildman–Crippen MR) is 74.6 cm³/mol. The highest BCUT2D eigenvalue weighted by Gasteiger charge is 2.20. The zero-order valence-electron chi connectivity index (χ0n) is 11.8. The highest BCUT2D eigenvalue weighted by atomic mass is 16.4. The fourth-order valence-electron chi connectivity index (χ4n) is 1.94. The quantitative estimate of drug-likeness (QED) is 0.858. The molecule has 0 saturated carbocycles. The SMILES string of the molecule is CCCCN(CC)C(=O)c1ccc(C)cc1C(=O)O. The van der Waals surface area contributed by atoms with Crippen molar-refractivity contribution < 1.29 is 14.7 Å². The molecule has 0 radical (unpaired) electrons. The average molecular weight is 263 g/mol. The van der Waals surface area contributed by atoms with Crippen LogP contribution in [0.1, 0.15) is 53.0 Å². The molecular formula is C15H21NO3. The lowest BCUT2D eigenvalue weighted by Crippen LogP contribution is -2.32. The van der Waals surface area contributed by atoms with Crippen molar-refractivity contribution in [3.05, 3.63) is 34.9 Å². The minimum Gasteiger partial charge on any atom is -0.478 e. The molecule has 1 aromatic rings. The van der Waals surface area contributed by atoms with Gasteiger partial charge in [-0.1, -0.05) is 25.0 Å². The largest absolute Gasteiger partial charge is 0.478 e. The summed E-state index contributed by atoms with van der Waals surface area (Å²) in [6.07, 6.45) is 1.93. The number of amides is 1. The van der Waals surface area contributed by atoms with Gasteiger partial charge < -0.3 is 10.0 Å². The molecule has 1 rings (SSSR count). The molecule has 1 N–H and O–H groups in total. The Morgan fingerprint density at radius 2 is 1.89 bits per heavy atom. The summed E-state index contributed by atoms with van der Waals surface area (Å²) < 4.78 is 0. The van der Waals surface area contributed by atoms with Gasteiger partial charge in [0, 0.05) is 13.1 Å². The topological polar surface area (TPSA) is 57.6 Å². The van der Waals surface area contributed by atoms with Gasteiger partial charge in [0.1, 0.15) is 0 Å². The van der Waals surface area contributed by atoms with Gasteiger partial charge in [-0.15, -0.1) is 0 Å². The number of carboxylic acid groups (broad SMARTS) is 1. The van der Waals surface area contributed by atoms with Gasteiger partial charge in [0.25, 0.3) is 5.91 Å². The molecule has 19 heavy (non-hydrogen) atoms. The number of benzene rings is 1. The Bertz CT molecular complexity index is 468. The number of rotatable bonds is 6. The molecule has 1 aromatic carbocycles. The van der Waals surface area contributed by atoms with E-state index in [9.17, 15) is 14.7 Å². The summed E-state index contributed by atoms with van der Waals surface area (Å²) in [5.74, 6) is -1.26. The molecule has 0 aliphatic carbocycles. The molecule has 0 aliphatic rings. The average Bonchev–Trinajstić information content (AvgIpc) is 2.39. The standard InChI is InChI=1S/C15H21NO3/c1-4-6-9-16(5-2)14(17)12-8-7-11(3)10-13(12)15(18)19/h7-8,10H,4-6,9H2,1-3H3,(H,18,19). The van der Waals surface area contributed by atoms with Crippen molar-refractivity contribution >= 4 is 11.9 Å². The van der Waals surface area contributed by atoms with E-state index in [1.807, 2.05) is 13.8 Å².